The number of hydrogen-bond acceptors (Lipinski definition) is 4. The maximum atomic E-state index is 11.5. The van der Waals surface area contributed by atoms with Crippen LogP contribution in [0.4, 0.5) is 0 Å². The molecule has 0 amide bonds. The largest absolute Gasteiger partial charge is 0.312 e. The van der Waals surface area contributed by atoms with Crippen LogP contribution < -0.4 is 5.32 Å². The predicted octanol–water partition coefficient (Wildman–Crippen LogP) is 1.69. The highest BCUT2D eigenvalue weighted by Gasteiger charge is 2.16. The first-order valence-corrected chi connectivity index (χ1v) is 8.67. The first-order valence-electron chi connectivity index (χ1n) is 6.85. The van der Waals surface area contributed by atoms with E-state index in [2.05, 4.69) is 23.4 Å². The number of aryl methyl sites for hydroxylation is 2. The SMILES string of the molecule is CCn1nc(C)cc1C(CCCS(=O)(=O)CC)NC. The minimum Gasteiger partial charge on any atom is -0.312 e. The molecular weight excluding hydrogens is 262 g/mol. The number of rotatable bonds is 8. The summed E-state index contributed by atoms with van der Waals surface area (Å²) in [5.41, 5.74) is 2.13. The average molecular weight is 287 g/mol. The van der Waals surface area contributed by atoms with Crippen molar-refractivity contribution in [2.75, 3.05) is 18.6 Å². The summed E-state index contributed by atoms with van der Waals surface area (Å²) in [6.07, 6.45) is 1.48. The van der Waals surface area contributed by atoms with Crippen LogP contribution in [0, 0.1) is 6.92 Å². The van der Waals surface area contributed by atoms with Gasteiger partial charge in [0.2, 0.25) is 0 Å². The van der Waals surface area contributed by atoms with Crippen LogP contribution in [-0.2, 0) is 16.4 Å². The highest BCUT2D eigenvalue weighted by atomic mass is 32.2. The molecule has 0 saturated heterocycles. The molecule has 1 aromatic heterocycles. The van der Waals surface area contributed by atoms with Crippen molar-refractivity contribution in [2.45, 2.75) is 46.2 Å². The Bertz CT molecular complexity index is 494. The Hall–Kier alpha value is -0.880. The maximum absolute atomic E-state index is 11.5. The molecule has 0 aromatic carbocycles. The lowest BCUT2D eigenvalue weighted by Gasteiger charge is -2.17. The molecule has 1 unspecified atom stereocenters. The van der Waals surface area contributed by atoms with E-state index in [1.165, 1.54) is 0 Å². The Labute approximate surface area is 116 Å². The van der Waals surface area contributed by atoms with E-state index in [0.29, 0.717) is 6.42 Å². The van der Waals surface area contributed by atoms with E-state index < -0.39 is 9.84 Å². The molecule has 1 N–H and O–H groups in total. The van der Waals surface area contributed by atoms with Crippen LogP contribution >= 0.6 is 0 Å². The van der Waals surface area contributed by atoms with Gasteiger partial charge in [-0.15, -0.1) is 0 Å². The second-order valence-electron chi connectivity index (χ2n) is 4.75. The number of sulfone groups is 1. The first kappa shape index (κ1) is 16.2. The fraction of sp³-hybridized carbons (Fsp3) is 0.769. The summed E-state index contributed by atoms with van der Waals surface area (Å²) < 4.78 is 25.0. The summed E-state index contributed by atoms with van der Waals surface area (Å²) in [5, 5.41) is 7.68. The molecule has 0 spiro atoms. The van der Waals surface area contributed by atoms with Gasteiger partial charge in [-0.05, 0) is 39.8 Å². The predicted molar refractivity (Wildman–Crippen MR) is 78.0 cm³/mol. The molecule has 0 fully saturated rings. The molecule has 19 heavy (non-hydrogen) atoms. The van der Waals surface area contributed by atoms with Crippen LogP contribution in [0.3, 0.4) is 0 Å². The lowest BCUT2D eigenvalue weighted by atomic mass is 10.1. The average Bonchev–Trinajstić information content (AvgIpc) is 2.75. The third-order valence-corrected chi connectivity index (χ3v) is 5.12. The first-order chi connectivity index (χ1) is 8.93. The Balaban J connectivity index is 2.68. The number of hydrogen-bond donors (Lipinski definition) is 1. The summed E-state index contributed by atoms with van der Waals surface area (Å²) in [5.74, 6) is 0.490. The summed E-state index contributed by atoms with van der Waals surface area (Å²) in [6.45, 7) is 6.56. The molecule has 1 heterocycles. The highest BCUT2D eigenvalue weighted by molar-refractivity contribution is 7.91. The second-order valence-corrected chi connectivity index (χ2v) is 7.22. The number of aromatic nitrogens is 2. The zero-order valence-electron chi connectivity index (χ0n) is 12.3. The van der Waals surface area contributed by atoms with Gasteiger partial charge in [-0.1, -0.05) is 6.92 Å². The van der Waals surface area contributed by atoms with Crippen molar-refractivity contribution in [1.29, 1.82) is 0 Å². The summed E-state index contributed by atoms with van der Waals surface area (Å²) in [6, 6.07) is 2.23. The van der Waals surface area contributed by atoms with Crippen molar-refractivity contribution in [1.82, 2.24) is 15.1 Å². The van der Waals surface area contributed by atoms with Gasteiger partial charge in [0.05, 0.1) is 17.1 Å². The smallest absolute Gasteiger partial charge is 0.150 e. The van der Waals surface area contributed by atoms with Crippen molar-refractivity contribution in [3.8, 4) is 0 Å². The minimum absolute atomic E-state index is 0.160. The van der Waals surface area contributed by atoms with Crippen LogP contribution in [0.15, 0.2) is 6.07 Å². The normalized spacial score (nSPS) is 13.7. The maximum Gasteiger partial charge on any atom is 0.150 e. The molecule has 6 heteroatoms. The van der Waals surface area contributed by atoms with Crippen molar-refractivity contribution < 1.29 is 8.42 Å². The van der Waals surface area contributed by atoms with Crippen LogP contribution in [-0.4, -0.2) is 36.8 Å². The standard InChI is InChI=1S/C13H25N3O2S/c1-5-16-13(10-11(3)15-16)12(14-4)8-7-9-19(17,18)6-2/h10,12,14H,5-9H2,1-4H3. The molecule has 0 aliphatic rings. The Morgan fingerprint density at radius 2 is 2.11 bits per heavy atom. The molecular formula is C13H25N3O2S. The van der Waals surface area contributed by atoms with Crippen molar-refractivity contribution in [3.05, 3.63) is 17.5 Å². The van der Waals surface area contributed by atoms with E-state index in [4.69, 9.17) is 0 Å². The number of nitrogens with one attached hydrogen (secondary N) is 1. The lowest BCUT2D eigenvalue weighted by molar-refractivity contribution is 0.482. The molecule has 1 aromatic rings. The van der Waals surface area contributed by atoms with Gasteiger partial charge < -0.3 is 5.32 Å². The van der Waals surface area contributed by atoms with Gasteiger partial charge >= 0.3 is 0 Å². The van der Waals surface area contributed by atoms with E-state index in [0.717, 1.165) is 24.4 Å². The molecule has 0 bridgehead atoms. The van der Waals surface area contributed by atoms with Gasteiger partial charge in [-0.2, -0.15) is 5.10 Å². The van der Waals surface area contributed by atoms with Gasteiger partial charge in [-0.25, -0.2) is 8.42 Å². The Morgan fingerprint density at radius 3 is 2.63 bits per heavy atom. The number of nitrogens with zero attached hydrogens (tertiary/aromatic N) is 2. The third kappa shape index (κ3) is 4.62. The molecule has 0 aliphatic heterocycles. The minimum atomic E-state index is -2.87. The lowest BCUT2D eigenvalue weighted by Crippen LogP contribution is -2.21. The zero-order valence-corrected chi connectivity index (χ0v) is 13.1. The van der Waals surface area contributed by atoms with Crippen LogP contribution in [0.5, 0.6) is 0 Å². The van der Waals surface area contributed by atoms with Gasteiger partial charge in [0.1, 0.15) is 9.84 Å². The highest BCUT2D eigenvalue weighted by Crippen LogP contribution is 2.19. The molecule has 0 aliphatic carbocycles. The molecule has 0 radical (unpaired) electrons. The molecule has 0 saturated carbocycles. The molecule has 1 atom stereocenters. The van der Waals surface area contributed by atoms with E-state index in [1.807, 2.05) is 18.7 Å². The van der Waals surface area contributed by atoms with Gasteiger partial charge in [-0.3, -0.25) is 4.68 Å². The Kier molecular flexibility index (Phi) is 6.00. The molecule has 1 rings (SSSR count). The Morgan fingerprint density at radius 1 is 1.42 bits per heavy atom. The van der Waals surface area contributed by atoms with E-state index in [1.54, 1.807) is 6.92 Å². The van der Waals surface area contributed by atoms with Crippen LogP contribution in [0.25, 0.3) is 0 Å². The summed E-state index contributed by atoms with van der Waals surface area (Å²) in [4.78, 5) is 0. The van der Waals surface area contributed by atoms with Crippen molar-refractivity contribution >= 4 is 9.84 Å². The van der Waals surface area contributed by atoms with Crippen molar-refractivity contribution in [3.63, 3.8) is 0 Å². The molecule has 5 nitrogen and oxygen atoms in total. The van der Waals surface area contributed by atoms with Crippen LogP contribution in [0.1, 0.15) is 44.1 Å². The van der Waals surface area contributed by atoms with E-state index >= 15 is 0 Å². The van der Waals surface area contributed by atoms with Crippen molar-refractivity contribution in [2.24, 2.45) is 0 Å². The summed E-state index contributed by atoms with van der Waals surface area (Å²) in [7, 11) is -0.962. The fourth-order valence-corrected chi connectivity index (χ4v) is 3.09. The van der Waals surface area contributed by atoms with Gasteiger partial charge in [0.25, 0.3) is 0 Å². The van der Waals surface area contributed by atoms with Gasteiger partial charge in [0.15, 0.2) is 0 Å². The van der Waals surface area contributed by atoms with E-state index in [9.17, 15) is 8.42 Å². The van der Waals surface area contributed by atoms with Crippen LogP contribution in [0.2, 0.25) is 0 Å². The molecule has 110 valence electrons. The fourth-order valence-electron chi connectivity index (χ4n) is 2.19. The summed E-state index contributed by atoms with van der Waals surface area (Å²) >= 11 is 0. The quantitative estimate of drug-likeness (QED) is 0.790. The third-order valence-electron chi connectivity index (χ3n) is 3.33. The monoisotopic (exact) mass is 287 g/mol. The second kappa shape index (κ2) is 7.05. The van der Waals surface area contributed by atoms with Gasteiger partial charge in [0, 0.05) is 18.3 Å². The van der Waals surface area contributed by atoms with E-state index in [-0.39, 0.29) is 17.5 Å². The topological polar surface area (TPSA) is 64.0 Å². The zero-order chi connectivity index (χ0) is 14.5.